The van der Waals surface area contributed by atoms with E-state index in [1.807, 2.05) is 24.3 Å². The molecule has 1 aliphatic rings. The molecule has 0 saturated carbocycles. The number of imidazole rings is 1. The molecule has 2 amide bonds. The van der Waals surface area contributed by atoms with Crippen molar-refractivity contribution in [3.05, 3.63) is 76.4 Å². The number of nitrogens with zero attached hydrogens (tertiary/aromatic N) is 5. The predicted octanol–water partition coefficient (Wildman–Crippen LogP) is 2.57. The number of hydrogen-bond acceptors (Lipinski definition) is 8. The zero-order chi connectivity index (χ0) is 25.9. The third-order valence-corrected chi connectivity index (χ3v) is 5.71. The van der Waals surface area contributed by atoms with Crippen LogP contribution in [0.3, 0.4) is 0 Å². The van der Waals surface area contributed by atoms with Gasteiger partial charge in [0.15, 0.2) is 23.9 Å². The van der Waals surface area contributed by atoms with Crippen molar-refractivity contribution in [2.75, 3.05) is 12.1 Å². The molecule has 0 spiro atoms. The molecule has 0 fully saturated rings. The molecule has 3 heterocycles. The molecule has 1 aliphatic heterocycles. The number of carbonyl (C=O) groups is 2. The normalized spacial score (nSPS) is 12.2. The molecule has 188 valence electrons. The fourth-order valence-corrected chi connectivity index (χ4v) is 3.99. The summed E-state index contributed by atoms with van der Waals surface area (Å²) in [6.45, 7) is 1.46. The number of ether oxygens (including phenoxy) is 2. The number of anilines is 1. The van der Waals surface area contributed by atoms with Crippen LogP contribution in [0.2, 0.25) is 0 Å². The van der Waals surface area contributed by atoms with Crippen molar-refractivity contribution in [2.24, 2.45) is 5.10 Å². The maximum Gasteiger partial charge on any atom is 0.343 e. The Balaban J connectivity index is 1.27. The van der Waals surface area contributed by atoms with Gasteiger partial charge in [0.05, 0.1) is 6.21 Å². The lowest BCUT2D eigenvalue weighted by Crippen LogP contribution is -2.24. The summed E-state index contributed by atoms with van der Waals surface area (Å²) in [5, 5.41) is 18.8. The van der Waals surface area contributed by atoms with E-state index >= 15 is 0 Å². The van der Waals surface area contributed by atoms with Gasteiger partial charge in [0.2, 0.25) is 12.7 Å². The minimum absolute atomic E-state index is 0.0404. The lowest BCUT2D eigenvalue weighted by molar-refractivity contribution is -0.392. The summed E-state index contributed by atoms with van der Waals surface area (Å²) in [6.07, 6.45) is 4.31. The van der Waals surface area contributed by atoms with Crippen LogP contribution >= 0.6 is 0 Å². The van der Waals surface area contributed by atoms with E-state index in [-0.39, 0.29) is 31.6 Å². The van der Waals surface area contributed by atoms with E-state index < -0.39 is 10.8 Å². The van der Waals surface area contributed by atoms with Gasteiger partial charge >= 0.3 is 5.82 Å². The number of hydrogen-bond donors (Lipinski definition) is 2. The van der Waals surface area contributed by atoms with Gasteiger partial charge in [-0.3, -0.25) is 9.59 Å². The van der Waals surface area contributed by atoms with Crippen molar-refractivity contribution in [1.29, 1.82) is 0 Å². The molecule has 0 bridgehead atoms. The standard InChI is InChI=1S/C24H21N7O6/c1-15-25-10-24(31(34)35)30(15)13-23(33)28-26-9-16-11-29(19-5-3-2-4-18(16)19)12-22(32)27-17-6-7-20-21(8-17)37-14-36-20/h2-11H,12-14H2,1H3,(H,27,32)(H,28,33)/b26-9-. The van der Waals surface area contributed by atoms with Crippen LogP contribution in [0.4, 0.5) is 11.5 Å². The predicted molar refractivity (Wildman–Crippen MR) is 132 cm³/mol. The maximum absolute atomic E-state index is 12.7. The van der Waals surface area contributed by atoms with E-state index in [9.17, 15) is 19.7 Å². The number of amides is 2. The molecule has 0 saturated heterocycles. The third kappa shape index (κ3) is 4.96. The highest BCUT2D eigenvalue weighted by Gasteiger charge is 2.20. The Kier molecular flexibility index (Phi) is 6.24. The minimum Gasteiger partial charge on any atom is -0.454 e. The molecule has 5 rings (SSSR count). The Labute approximate surface area is 209 Å². The van der Waals surface area contributed by atoms with Gasteiger partial charge in [-0.05, 0) is 23.1 Å². The number of carbonyl (C=O) groups excluding carboxylic acids is 2. The van der Waals surface area contributed by atoms with Crippen molar-refractivity contribution < 1.29 is 24.0 Å². The highest BCUT2D eigenvalue weighted by Crippen LogP contribution is 2.34. The van der Waals surface area contributed by atoms with Gasteiger partial charge in [0.25, 0.3) is 5.91 Å². The van der Waals surface area contributed by atoms with Gasteiger partial charge in [0, 0.05) is 41.3 Å². The van der Waals surface area contributed by atoms with Gasteiger partial charge in [-0.2, -0.15) is 5.10 Å². The SMILES string of the molecule is Cc1ncc([N+](=O)[O-])n1CC(=O)N/N=C\c1cn(CC(=O)Nc2ccc3c(c2)OCO3)c2ccccc12. The molecule has 4 aromatic rings. The van der Waals surface area contributed by atoms with E-state index in [1.54, 1.807) is 35.9 Å². The zero-order valence-electron chi connectivity index (χ0n) is 19.6. The molecule has 2 aromatic heterocycles. The van der Waals surface area contributed by atoms with Crippen LogP contribution in [0.5, 0.6) is 11.5 Å². The van der Waals surface area contributed by atoms with Crippen molar-refractivity contribution in [3.8, 4) is 11.5 Å². The Bertz CT molecular complexity index is 1550. The smallest absolute Gasteiger partial charge is 0.343 e. The quantitative estimate of drug-likeness (QED) is 0.213. The number of hydrazone groups is 1. The average Bonchev–Trinajstić information content (AvgIpc) is 3.57. The van der Waals surface area contributed by atoms with Crippen LogP contribution < -0.4 is 20.2 Å². The second-order valence-electron chi connectivity index (χ2n) is 8.15. The lowest BCUT2D eigenvalue weighted by Gasteiger charge is -2.08. The third-order valence-electron chi connectivity index (χ3n) is 5.71. The highest BCUT2D eigenvalue weighted by molar-refractivity contribution is 6.00. The van der Waals surface area contributed by atoms with Crippen molar-refractivity contribution in [1.82, 2.24) is 19.5 Å². The van der Waals surface area contributed by atoms with E-state index in [4.69, 9.17) is 9.47 Å². The number of aryl methyl sites for hydroxylation is 1. The van der Waals surface area contributed by atoms with E-state index in [0.29, 0.717) is 28.6 Å². The summed E-state index contributed by atoms with van der Waals surface area (Å²) < 4.78 is 13.6. The van der Waals surface area contributed by atoms with Gasteiger partial charge in [0.1, 0.15) is 12.7 Å². The average molecular weight is 503 g/mol. The summed E-state index contributed by atoms with van der Waals surface area (Å²) in [5.74, 6) is 0.471. The number of nitrogens with one attached hydrogen (secondary N) is 2. The molecule has 0 radical (unpaired) electrons. The first-order chi connectivity index (χ1) is 17.9. The van der Waals surface area contributed by atoms with Gasteiger partial charge in [-0.1, -0.05) is 18.2 Å². The number of para-hydroxylation sites is 1. The molecule has 0 atom stereocenters. The molecular formula is C24H21N7O6. The largest absolute Gasteiger partial charge is 0.454 e. The monoisotopic (exact) mass is 503 g/mol. The summed E-state index contributed by atoms with van der Waals surface area (Å²) in [4.78, 5) is 39.4. The molecule has 37 heavy (non-hydrogen) atoms. The lowest BCUT2D eigenvalue weighted by atomic mass is 10.2. The van der Waals surface area contributed by atoms with Gasteiger partial charge in [-0.15, -0.1) is 0 Å². The van der Waals surface area contributed by atoms with E-state index in [2.05, 4.69) is 20.8 Å². The number of benzene rings is 2. The number of nitro groups is 1. The second-order valence-corrected chi connectivity index (χ2v) is 8.15. The zero-order valence-corrected chi connectivity index (χ0v) is 19.6. The van der Waals surface area contributed by atoms with Crippen molar-refractivity contribution >= 4 is 40.4 Å². The van der Waals surface area contributed by atoms with Crippen LogP contribution in [0, 0.1) is 17.0 Å². The summed E-state index contributed by atoms with van der Waals surface area (Å²) in [7, 11) is 0. The van der Waals surface area contributed by atoms with Crippen LogP contribution in [0.25, 0.3) is 10.9 Å². The number of rotatable bonds is 8. The molecule has 13 nitrogen and oxygen atoms in total. The molecule has 0 unspecified atom stereocenters. The Morgan fingerprint density at radius 3 is 2.81 bits per heavy atom. The molecule has 2 N–H and O–H groups in total. The molecule has 2 aromatic carbocycles. The number of aromatic nitrogens is 3. The van der Waals surface area contributed by atoms with Crippen LogP contribution in [-0.4, -0.2) is 43.9 Å². The summed E-state index contributed by atoms with van der Waals surface area (Å²) in [5.41, 5.74) is 4.45. The van der Waals surface area contributed by atoms with Gasteiger partial charge in [-0.25, -0.2) is 15.0 Å². The topological polar surface area (TPSA) is 155 Å². The Morgan fingerprint density at radius 2 is 1.97 bits per heavy atom. The second kappa shape index (κ2) is 9.81. The number of fused-ring (bicyclic) bond motifs is 2. The van der Waals surface area contributed by atoms with Crippen LogP contribution in [0.15, 0.2) is 60.0 Å². The fraction of sp³-hybridized carbons (Fsp3) is 0.167. The fourth-order valence-electron chi connectivity index (χ4n) is 3.99. The summed E-state index contributed by atoms with van der Waals surface area (Å²) in [6, 6.07) is 12.6. The minimum atomic E-state index is -0.603. The first kappa shape index (κ1) is 23.5. The molecule has 13 heteroatoms. The molecular weight excluding hydrogens is 482 g/mol. The highest BCUT2D eigenvalue weighted by atomic mass is 16.7. The first-order valence-corrected chi connectivity index (χ1v) is 11.1. The van der Waals surface area contributed by atoms with E-state index in [1.165, 1.54) is 10.8 Å². The summed E-state index contributed by atoms with van der Waals surface area (Å²) >= 11 is 0. The first-order valence-electron chi connectivity index (χ1n) is 11.1. The molecule has 0 aliphatic carbocycles. The Morgan fingerprint density at radius 1 is 1.16 bits per heavy atom. The van der Waals surface area contributed by atoms with Crippen molar-refractivity contribution in [2.45, 2.75) is 20.0 Å². The maximum atomic E-state index is 12.7. The van der Waals surface area contributed by atoms with E-state index in [0.717, 1.165) is 17.1 Å². The van der Waals surface area contributed by atoms with Crippen LogP contribution in [0.1, 0.15) is 11.4 Å². The Hall–Kier alpha value is -5.20. The van der Waals surface area contributed by atoms with Gasteiger partial charge < -0.3 is 29.5 Å². The van der Waals surface area contributed by atoms with Crippen LogP contribution in [-0.2, 0) is 22.7 Å². The van der Waals surface area contributed by atoms with Crippen molar-refractivity contribution in [3.63, 3.8) is 0 Å².